The molecule has 32 heavy (non-hydrogen) atoms. The predicted octanol–water partition coefficient (Wildman–Crippen LogP) is 2.45. The van der Waals surface area contributed by atoms with Crippen LogP contribution in [0.1, 0.15) is 10.6 Å². The molecule has 13 heteroatoms. The first-order chi connectivity index (χ1) is 15.3. The Labute approximate surface area is 201 Å². The lowest BCUT2D eigenvalue weighted by molar-refractivity contribution is -0.156. The summed E-state index contributed by atoms with van der Waals surface area (Å²) in [5, 5.41) is 24.4. The van der Waals surface area contributed by atoms with Gasteiger partial charge in [-0.2, -0.15) is 0 Å². The van der Waals surface area contributed by atoms with Crippen LogP contribution in [-0.4, -0.2) is 67.6 Å². The van der Waals surface area contributed by atoms with Crippen LogP contribution in [0, 0.1) is 12.3 Å². The van der Waals surface area contributed by atoms with Crippen LogP contribution in [0.15, 0.2) is 28.6 Å². The van der Waals surface area contributed by atoms with E-state index in [2.05, 4.69) is 20.8 Å². The van der Waals surface area contributed by atoms with Crippen molar-refractivity contribution in [3.05, 3.63) is 39.9 Å². The van der Waals surface area contributed by atoms with Crippen molar-refractivity contribution in [2.75, 3.05) is 18.1 Å². The maximum Gasteiger partial charge on any atom is 0.315 e. The average Bonchev–Trinajstić information content (AvgIpc) is 3.20. The quantitative estimate of drug-likeness (QED) is 0.381. The number of carbonyl (C=O) groups is 3. The van der Waals surface area contributed by atoms with Crippen LogP contribution in [0.3, 0.4) is 0 Å². The highest BCUT2D eigenvalue weighted by molar-refractivity contribution is 8.01. The van der Waals surface area contributed by atoms with Crippen LogP contribution in [0.5, 0.6) is 0 Å². The number of aromatic nitrogens is 2. The highest BCUT2D eigenvalue weighted by Crippen LogP contribution is 2.44. The molecule has 2 aromatic rings. The number of β-lactam (4-membered cyclic amide) rings is 1. The van der Waals surface area contributed by atoms with Crippen molar-refractivity contribution >= 4 is 64.4 Å². The number of aryl methyl sites for hydroxylation is 1. The van der Waals surface area contributed by atoms with Gasteiger partial charge in [0.15, 0.2) is 4.34 Å². The molecular weight excluding hydrogens is 494 g/mol. The molecule has 2 aliphatic heterocycles. The van der Waals surface area contributed by atoms with Gasteiger partial charge in [-0.05, 0) is 18.6 Å². The van der Waals surface area contributed by atoms with Gasteiger partial charge in [0.25, 0.3) is 0 Å². The van der Waals surface area contributed by atoms with E-state index in [1.165, 1.54) is 39.8 Å². The molecule has 170 valence electrons. The molecule has 3 atom stereocenters. The summed E-state index contributed by atoms with van der Waals surface area (Å²) in [6.45, 7) is 2.17. The van der Waals surface area contributed by atoms with E-state index in [-0.39, 0.29) is 30.1 Å². The maximum absolute atomic E-state index is 12.7. The van der Waals surface area contributed by atoms with Gasteiger partial charge in [-0.1, -0.05) is 52.9 Å². The van der Waals surface area contributed by atoms with Gasteiger partial charge in [0.1, 0.15) is 21.8 Å². The zero-order valence-electron chi connectivity index (χ0n) is 16.9. The number of benzene rings is 1. The second-order valence-corrected chi connectivity index (χ2v) is 11.4. The summed E-state index contributed by atoms with van der Waals surface area (Å²) in [5.74, 6) is -0.603. The van der Waals surface area contributed by atoms with E-state index in [0.717, 1.165) is 10.6 Å². The summed E-state index contributed by atoms with van der Waals surface area (Å²) in [4.78, 5) is 38.6. The third kappa shape index (κ3) is 4.68. The number of nitrogens with zero attached hydrogens (tertiary/aromatic N) is 3. The second-order valence-electron chi connectivity index (χ2n) is 7.52. The number of amides is 3. The lowest BCUT2D eigenvalue weighted by Gasteiger charge is -2.53. The first-order valence-corrected chi connectivity index (χ1v) is 12.9. The maximum atomic E-state index is 12.7. The molecule has 0 saturated carbocycles. The molecule has 1 aromatic heterocycles. The number of carboxylic acids is 1. The summed E-state index contributed by atoms with van der Waals surface area (Å²) in [7, 11) is 0. The highest BCUT2D eigenvalue weighted by Gasteiger charge is 2.57. The monoisotopic (exact) mass is 513 g/mol. The third-order valence-electron chi connectivity index (χ3n) is 5.26. The molecule has 0 radical (unpaired) electrons. The van der Waals surface area contributed by atoms with Crippen LogP contribution in [0.4, 0.5) is 4.79 Å². The van der Waals surface area contributed by atoms with Crippen molar-refractivity contribution < 1.29 is 19.5 Å². The summed E-state index contributed by atoms with van der Waals surface area (Å²) in [5.41, 5.74) is -0.314. The van der Waals surface area contributed by atoms with E-state index in [4.69, 9.17) is 11.6 Å². The van der Waals surface area contributed by atoms with Crippen LogP contribution in [0.25, 0.3) is 0 Å². The minimum atomic E-state index is -1.08. The Morgan fingerprint density at radius 2 is 2.16 bits per heavy atom. The number of hydrogen-bond donors (Lipinski definition) is 3. The molecule has 3 N–H and O–H groups in total. The van der Waals surface area contributed by atoms with E-state index in [9.17, 15) is 19.5 Å². The Hall–Kier alpha value is -2.02. The molecule has 2 unspecified atom stereocenters. The summed E-state index contributed by atoms with van der Waals surface area (Å²) < 4.78 is 0.708. The SMILES string of the molecule is Cc1nnc(SCC2(C(=O)O)CS[C@@H]3C(NC(=O)NCc4ccccc4Cl)C(=O)N3C2)s1. The van der Waals surface area contributed by atoms with Gasteiger partial charge in [0.2, 0.25) is 5.91 Å². The topological polar surface area (TPSA) is 125 Å². The number of hydrogen-bond acceptors (Lipinski definition) is 8. The van der Waals surface area contributed by atoms with Gasteiger partial charge >= 0.3 is 12.0 Å². The average molecular weight is 514 g/mol. The van der Waals surface area contributed by atoms with Crippen LogP contribution in [-0.2, 0) is 16.1 Å². The Morgan fingerprint density at radius 3 is 2.84 bits per heavy atom. The molecule has 3 amide bonds. The van der Waals surface area contributed by atoms with Gasteiger partial charge in [0, 0.05) is 29.6 Å². The normalized spacial score (nSPS) is 24.4. The van der Waals surface area contributed by atoms with E-state index < -0.39 is 23.5 Å². The number of nitrogens with one attached hydrogen (secondary N) is 2. The largest absolute Gasteiger partial charge is 0.481 e. The minimum absolute atomic E-state index is 0.100. The number of fused-ring (bicyclic) bond motifs is 1. The van der Waals surface area contributed by atoms with Crippen molar-refractivity contribution in [2.45, 2.75) is 29.2 Å². The summed E-state index contributed by atoms with van der Waals surface area (Å²) in [6, 6.07) is 6.02. The zero-order valence-corrected chi connectivity index (χ0v) is 20.1. The lowest BCUT2D eigenvalue weighted by atomic mass is 9.89. The molecule has 2 saturated heterocycles. The number of carboxylic acid groups (broad SMARTS) is 1. The molecule has 2 fully saturated rings. The fraction of sp³-hybridized carbons (Fsp3) is 0.421. The molecule has 1 aromatic carbocycles. The molecule has 0 bridgehead atoms. The summed E-state index contributed by atoms with van der Waals surface area (Å²) >= 11 is 10.2. The van der Waals surface area contributed by atoms with E-state index in [1.807, 2.05) is 19.1 Å². The molecule has 4 rings (SSSR count). The predicted molar refractivity (Wildman–Crippen MR) is 124 cm³/mol. The van der Waals surface area contributed by atoms with E-state index in [1.54, 1.807) is 12.1 Å². The molecular formula is C19H20ClN5O4S3. The first kappa shape index (κ1) is 23.1. The molecule has 0 spiro atoms. The number of halogens is 1. The minimum Gasteiger partial charge on any atom is -0.481 e. The highest BCUT2D eigenvalue weighted by atomic mass is 35.5. The van der Waals surface area contributed by atoms with Crippen molar-refractivity contribution in [3.8, 4) is 0 Å². The molecule has 2 aliphatic rings. The smallest absolute Gasteiger partial charge is 0.315 e. The molecule has 0 aliphatic carbocycles. The van der Waals surface area contributed by atoms with Crippen LogP contribution < -0.4 is 10.6 Å². The fourth-order valence-corrected chi connectivity index (χ4v) is 7.33. The Morgan fingerprint density at radius 1 is 1.38 bits per heavy atom. The zero-order chi connectivity index (χ0) is 22.9. The van der Waals surface area contributed by atoms with Crippen LogP contribution >= 0.6 is 46.5 Å². The van der Waals surface area contributed by atoms with Crippen molar-refractivity contribution in [1.82, 2.24) is 25.7 Å². The van der Waals surface area contributed by atoms with Crippen molar-refractivity contribution in [1.29, 1.82) is 0 Å². The number of carbonyl (C=O) groups excluding carboxylic acids is 2. The van der Waals surface area contributed by atoms with Gasteiger partial charge in [-0.3, -0.25) is 9.59 Å². The lowest BCUT2D eigenvalue weighted by Crippen LogP contribution is -2.74. The number of aliphatic carboxylic acids is 1. The number of rotatable bonds is 7. The summed E-state index contributed by atoms with van der Waals surface area (Å²) in [6.07, 6.45) is 0. The number of thioether (sulfide) groups is 2. The Balaban J connectivity index is 1.33. The van der Waals surface area contributed by atoms with Crippen molar-refractivity contribution in [2.24, 2.45) is 5.41 Å². The third-order valence-corrected chi connectivity index (χ3v) is 9.48. The Bertz CT molecular complexity index is 1050. The second kappa shape index (κ2) is 9.46. The molecule has 9 nitrogen and oxygen atoms in total. The van der Waals surface area contributed by atoms with E-state index >= 15 is 0 Å². The number of urea groups is 1. The van der Waals surface area contributed by atoms with E-state index in [0.29, 0.717) is 15.1 Å². The van der Waals surface area contributed by atoms with Crippen molar-refractivity contribution in [3.63, 3.8) is 0 Å². The van der Waals surface area contributed by atoms with Crippen LogP contribution in [0.2, 0.25) is 5.02 Å². The van der Waals surface area contributed by atoms with Gasteiger partial charge in [-0.15, -0.1) is 22.0 Å². The van der Waals surface area contributed by atoms with Gasteiger partial charge in [-0.25, -0.2) is 4.79 Å². The van der Waals surface area contributed by atoms with Gasteiger partial charge < -0.3 is 20.6 Å². The Kier molecular flexibility index (Phi) is 6.84. The standard InChI is InChI=1S/C19H20ClN5O4S3/c1-10-23-24-18(32-10)31-9-19(16(27)28)7-25-14(26)13(15(25)30-8-19)22-17(29)21-6-11-4-2-3-5-12(11)20/h2-5,13,15H,6-9H2,1H3,(H,27,28)(H2,21,22,29)/t13?,15-,19?/m1/s1. The van der Waals surface area contributed by atoms with Gasteiger partial charge in [0.05, 0.1) is 0 Å². The first-order valence-electron chi connectivity index (χ1n) is 9.65. The fourth-order valence-electron chi connectivity index (χ4n) is 3.45. The molecule has 3 heterocycles.